The van der Waals surface area contributed by atoms with Crippen molar-refractivity contribution in [3.05, 3.63) is 143 Å². The number of likely N-dealkylation sites (N-methyl/N-ethyl adjacent to an activating group) is 1. The van der Waals surface area contributed by atoms with E-state index >= 15 is 0 Å². The molecule has 0 aromatic heterocycles. The van der Waals surface area contributed by atoms with Gasteiger partial charge in [0.05, 0.1) is 25.2 Å². The third-order valence-corrected chi connectivity index (χ3v) is 9.52. The summed E-state index contributed by atoms with van der Waals surface area (Å²) in [6.45, 7) is 3.27. The fourth-order valence-corrected chi connectivity index (χ4v) is 6.44. The molecule has 5 aromatic carbocycles. The number of amides is 1. The second kappa shape index (κ2) is 16.2. The van der Waals surface area contributed by atoms with Gasteiger partial charge in [-0.15, -0.1) is 0 Å². The smallest absolute Gasteiger partial charge is 0.303 e. The summed E-state index contributed by atoms with van der Waals surface area (Å²) in [4.78, 5) is 25.1. The van der Waals surface area contributed by atoms with E-state index in [1.165, 1.54) is 16.3 Å². The van der Waals surface area contributed by atoms with Crippen molar-refractivity contribution in [3.8, 4) is 11.1 Å². The number of carbonyl (C=O) groups is 2. The van der Waals surface area contributed by atoms with Crippen molar-refractivity contribution >= 4 is 22.6 Å². The van der Waals surface area contributed by atoms with Crippen molar-refractivity contribution in [2.24, 2.45) is 0 Å². The quantitative estimate of drug-likeness (QED) is 0.118. The first-order chi connectivity index (χ1) is 24.2. The molecular weight excluding hydrogens is 628 g/mol. The Labute approximate surface area is 293 Å². The average molecular weight is 673 g/mol. The van der Waals surface area contributed by atoms with Gasteiger partial charge in [0.1, 0.15) is 0 Å². The van der Waals surface area contributed by atoms with Crippen LogP contribution in [0, 0.1) is 0 Å². The Morgan fingerprint density at radius 1 is 0.800 bits per heavy atom. The first kappa shape index (κ1) is 35.0. The fraction of sp³-hybridized carbons (Fsp3) is 0.286. The summed E-state index contributed by atoms with van der Waals surface area (Å²) in [6, 6.07) is 39.3. The van der Waals surface area contributed by atoms with E-state index in [1.54, 1.807) is 0 Å². The van der Waals surface area contributed by atoms with Gasteiger partial charge < -0.3 is 25.0 Å². The predicted molar refractivity (Wildman–Crippen MR) is 194 cm³/mol. The summed E-state index contributed by atoms with van der Waals surface area (Å²) < 4.78 is 13.3. The van der Waals surface area contributed by atoms with Crippen molar-refractivity contribution < 1.29 is 29.3 Å². The summed E-state index contributed by atoms with van der Waals surface area (Å²) in [6.07, 6.45) is -0.379. The lowest BCUT2D eigenvalue weighted by Crippen LogP contribution is -2.38. The van der Waals surface area contributed by atoms with Crippen LogP contribution in [-0.4, -0.2) is 46.7 Å². The maximum Gasteiger partial charge on any atom is 0.303 e. The van der Waals surface area contributed by atoms with Crippen molar-refractivity contribution in [1.29, 1.82) is 0 Å². The van der Waals surface area contributed by atoms with E-state index in [0.717, 1.165) is 39.9 Å². The molecule has 1 aliphatic heterocycles. The lowest BCUT2D eigenvalue weighted by Gasteiger charge is -2.39. The van der Waals surface area contributed by atoms with Gasteiger partial charge in [0.25, 0.3) is 0 Å². The number of aliphatic hydroxyl groups excluding tert-OH is 1. The van der Waals surface area contributed by atoms with E-state index in [2.05, 4.69) is 78.8 Å². The molecular formula is C42H44N2O6. The number of carbonyl (C=O) groups excluding carboxylic acids is 1. The highest BCUT2D eigenvalue weighted by atomic mass is 16.7. The summed E-state index contributed by atoms with van der Waals surface area (Å²) in [5.41, 5.74) is 7.03. The Kier molecular flexibility index (Phi) is 11.4. The highest BCUT2D eigenvalue weighted by molar-refractivity contribution is 5.83. The zero-order valence-corrected chi connectivity index (χ0v) is 28.5. The number of rotatable bonds is 13. The molecule has 258 valence electrons. The van der Waals surface area contributed by atoms with Crippen LogP contribution in [0.5, 0.6) is 0 Å². The zero-order valence-electron chi connectivity index (χ0n) is 28.5. The first-order valence-electron chi connectivity index (χ1n) is 17.1. The molecule has 1 saturated heterocycles. The third kappa shape index (κ3) is 8.83. The van der Waals surface area contributed by atoms with E-state index in [1.807, 2.05) is 60.7 Å². The van der Waals surface area contributed by atoms with Gasteiger partial charge in [0.15, 0.2) is 6.29 Å². The van der Waals surface area contributed by atoms with Crippen LogP contribution >= 0.6 is 0 Å². The van der Waals surface area contributed by atoms with Crippen LogP contribution in [0.4, 0.5) is 0 Å². The number of aliphatic carboxylic acids is 1. The Morgan fingerprint density at radius 3 is 2.28 bits per heavy atom. The standard InChI is InChI=1S/C42H44N2O6/c1-28(35-19-16-31-7-3-4-8-37(31)23-35)44(2)26-38-24-39(33-12-10-29(27-45)11-13-33)50-42(49-38)34-17-14-32(15-18-34)36-9-5-6-30(22-36)25-43-40(46)20-21-41(47)48/h3-19,22-23,28,38-39,42,45H,20-21,24-27H2,1-2H3,(H,43,46)(H,47,48)/t28-,38-,39+,42+/m1/s1. The van der Waals surface area contributed by atoms with Crippen molar-refractivity contribution in [3.63, 3.8) is 0 Å². The number of nitrogens with one attached hydrogen (secondary N) is 1. The number of fused-ring (bicyclic) bond motifs is 1. The fourth-order valence-electron chi connectivity index (χ4n) is 6.44. The van der Waals surface area contributed by atoms with Gasteiger partial charge in [-0.1, -0.05) is 103 Å². The van der Waals surface area contributed by atoms with Gasteiger partial charge in [0.2, 0.25) is 5.91 Å². The SMILES string of the molecule is C[C@H](c1ccc2ccccc2c1)N(C)C[C@H]1C[C@@H](c2ccc(CO)cc2)O[C@@H](c2ccc(-c3cccc(CNC(=O)CCC(=O)O)c3)cc2)O1. The molecule has 1 heterocycles. The molecule has 0 aliphatic carbocycles. The number of hydrogen-bond acceptors (Lipinski definition) is 6. The van der Waals surface area contributed by atoms with Crippen LogP contribution in [0.3, 0.4) is 0 Å². The highest BCUT2D eigenvalue weighted by Crippen LogP contribution is 2.39. The minimum atomic E-state index is -0.990. The monoisotopic (exact) mass is 672 g/mol. The van der Waals surface area contributed by atoms with E-state index in [4.69, 9.17) is 14.6 Å². The van der Waals surface area contributed by atoms with Crippen molar-refractivity contribution in [2.75, 3.05) is 13.6 Å². The molecule has 5 aromatic rings. The van der Waals surface area contributed by atoms with Crippen LogP contribution in [0.1, 0.15) is 72.4 Å². The molecule has 8 nitrogen and oxygen atoms in total. The maximum absolute atomic E-state index is 12.0. The Hall–Kier alpha value is -4.86. The van der Waals surface area contributed by atoms with E-state index < -0.39 is 12.3 Å². The average Bonchev–Trinajstić information content (AvgIpc) is 3.15. The van der Waals surface area contributed by atoms with E-state index in [0.29, 0.717) is 13.0 Å². The lowest BCUT2D eigenvalue weighted by molar-refractivity contribution is -0.253. The summed E-state index contributed by atoms with van der Waals surface area (Å²) in [5, 5.41) is 23.7. The Bertz CT molecular complexity index is 1910. The second-order valence-electron chi connectivity index (χ2n) is 13.1. The maximum atomic E-state index is 12.0. The molecule has 0 unspecified atom stereocenters. The predicted octanol–water partition coefficient (Wildman–Crippen LogP) is 7.72. The van der Waals surface area contributed by atoms with Crippen LogP contribution < -0.4 is 5.32 Å². The Balaban J connectivity index is 1.17. The molecule has 6 rings (SSSR count). The lowest BCUT2D eigenvalue weighted by atomic mass is 9.98. The van der Waals surface area contributed by atoms with Crippen molar-refractivity contribution in [1.82, 2.24) is 10.2 Å². The van der Waals surface area contributed by atoms with Gasteiger partial charge in [-0.3, -0.25) is 14.5 Å². The molecule has 0 radical (unpaired) electrons. The van der Waals surface area contributed by atoms with Crippen LogP contribution in [0.15, 0.2) is 115 Å². The molecule has 3 N–H and O–H groups in total. The topological polar surface area (TPSA) is 108 Å². The van der Waals surface area contributed by atoms with Gasteiger partial charge >= 0.3 is 5.97 Å². The van der Waals surface area contributed by atoms with Gasteiger partial charge in [-0.05, 0) is 70.3 Å². The molecule has 8 heteroatoms. The first-order valence-corrected chi connectivity index (χ1v) is 17.1. The third-order valence-electron chi connectivity index (χ3n) is 9.52. The molecule has 1 fully saturated rings. The van der Waals surface area contributed by atoms with Crippen molar-refractivity contribution in [2.45, 2.75) is 63.9 Å². The number of nitrogens with zero attached hydrogens (tertiary/aromatic N) is 1. The summed E-state index contributed by atoms with van der Waals surface area (Å²) in [5.74, 6) is -1.28. The number of benzene rings is 5. The molecule has 0 bridgehead atoms. The zero-order chi connectivity index (χ0) is 35.0. The number of carboxylic acid groups (broad SMARTS) is 1. The molecule has 0 spiro atoms. The van der Waals surface area contributed by atoms with E-state index in [9.17, 15) is 14.7 Å². The van der Waals surface area contributed by atoms with Gasteiger partial charge in [-0.25, -0.2) is 0 Å². The number of carboxylic acids is 1. The number of ether oxygens (including phenoxy) is 2. The molecule has 50 heavy (non-hydrogen) atoms. The largest absolute Gasteiger partial charge is 0.481 e. The van der Waals surface area contributed by atoms with Crippen LogP contribution in [-0.2, 0) is 32.2 Å². The van der Waals surface area contributed by atoms with Gasteiger partial charge in [-0.2, -0.15) is 0 Å². The molecule has 4 atom stereocenters. The minimum Gasteiger partial charge on any atom is -0.481 e. The van der Waals surface area contributed by atoms with Crippen LogP contribution in [0.25, 0.3) is 21.9 Å². The van der Waals surface area contributed by atoms with Crippen LogP contribution in [0.2, 0.25) is 0 Å². The molecule has 1 amide bonds. The highest BCUT2D eigenvalue weighted by Gasteiger charge is 2.33. The van der Waals surface area contributed by atoms with Gasteiger partial charge in [0, 0.05) is 37.5 Å². The Morgan fingerprint density at radius 2 is 1.54 bits per heavy atom. The normalized spacial score (nSPS) is 18.2. The molecule has 1 aliphatic rings. The number of aliphatic hydroxyl groups is 1. The minimum absolute atomic E-state index is 0.00565. The molecule has 0 saturated carbocycles. The summed E-state index contributed by atoms with van der Waals surface area (Å²) in [7, 11) is 2.14. The number of hydrogen-bond donors (Lipinski definition) is 3. The van der Waals surface area contributed by atoms with E-state index in [-0.39, 0.29) is 43.6 Å². The second-order valence-corrected chi connectivity index (χ2v) is 13.1. The summed E-state index contributed by atoms with van der Waals surface area (Å²) >= 11 is 0.